The minimum absolute atomic E-state index is 0.0488. The van der Waals surface area contributed by atoms with Gasteiger partial charge in [0.1, 0.15) is 0 Å². The average molecular weight is 312 g/mol. The van der Waals surface area contributed by atoms with E-state index >= 15 is 0 Å². The van der Waals surface area contributed by atoms with Crippen molar-refractivity contribution in [3.05, 3.63) is 0 Å². The minimum Gasteiger partial charge on any atom is -0.376 e. The molecule has 2 aliphatic heterocycles. The molecule has 4 atom stereocenters. The fourth-order valence-electron chi connectivity index (χ4n) is 2.16. The van der Waals surface area contributed by atoms with E-state index in [1.54, 1.807) is 7.11 Å². The van der Waals surface area contributed by atoms with Crippen LogP contribution in [0.2, 0.25) is 0 Å². The first-order valence-corrected chi connectivity index (χ1v) is 6.49. The molecule has 2 fully saturated rings. The van der Waals surface area contributed by atoms with Crippen molar-refractivity contribution in [3.63, 3.8) is 0 Å². The molecule has 3 nitrogen and oxygen atoms in total. The molecule has 0 aliphatic carbocycles. The van der Waals surface area contributed by atoms with Crippen LogP contribution in [0.1, 0.15) is 25.7 Å². The van der Waals surface area contributed by atoms with E-state index in [1.165, 1.54) is 0 Å². The van der Waals surface area contributed by atoms with Gasteiger partial charge in [-0.25, -0.2) is 0 Å². The lowest BCUT2D eigenvalue weighted by Gasteiger charge is -2.31. The fraction of sp³-hybridized carbons (Fsp3) is 1.00. The molecule has 14 heavy (non-hydrogen) atoms. The van der Waals surface area contributed by atoms with Gasteiger partial charge in [-0.2, -0.15) is 0 Å². The Hall–Kier alpha value is 0.610. The van der Waals surface area contributed by atoms with Gasteiger partial charge in [-0.15, -0.1) is 0 Å². The van der Waals surface area contributed by atoms with Gasteiger partial charge in [0.2, 0.25) is 0 Å². The SMILES string of the molecule is COC1O[C@@H]2CCCOC2CCC1I. The standard InChI is InChI=1S/C10H17IO3/c1-12-10-7(11)4-5-8-9(14-10)3-2-6-13-8/h7-10H,2-6H2,1H3/t7?,8?,9-,10?/m1/s1. The van der Waals surface area contributed by atoms with Gasteiger partial charge < -0.3 is 14.2 Å². The number of hydrogen-bond acceptors (Lipinski definition) is 3. The summed E-state index contributed by atoms with van der Waals surface area (Å²) in [6.07, 6.45) is 4.98. The van der Waals surface area contributed by atoms with Crippen LogP contribution in [0.15, 0.2) is 0 Å². The van der Waals surface area contributed by atoms with E-state index in [0.29, 0.717) is 10.0 Å². The van der Waals surface area contributed by atoms with E-state index < -0.39 is 0 Å². The van der Waals surface area contributed by atoms with E-state index in [0.717, 1.165) is 32.3 Å². The van der Waals surface area contributed by atoms with Crippen molar-refractivity contribution in [1.29, 1.82) is 0 Å². The molecule has 4 heteroatoms. The molecule has 82 valence electrons. The molecule has 0 N–H and O–H groups in total. The van der Waals surface area contributed by atoms with Crippen LogP contribution in [0.3, 0.4) is 0 Å². The smallest absolute Gasteiger partial charge is 0.169 e. The molecule has 0 bridgehead atoms. The molecule has 2 aliphatic rings. The Morgan fingerprint density at radius 2 is 2.07 bits per heavy atom. The first-order valence-electron chi connectivity index (χ1n) is 5.25. The molecule has 0 spiro atoms. The van der Waals surface area contributed by atoms with Crippen molar-refractivity contribution in [3.8, 4) is 0 Å². The lowest BCUT2D eigenvalue weighted by atomic mass is 10.0. The maximum Gasteiger partial charge on any atom is 0.169 e. The minimum atomic E-state index is -0.0488. The maximum absolute atomic E-state index is 5.92. The monoisotopic (exact) mass is 312 g/mol. The second-order valence-electron chi connectivity index (χ2n) is 3.92. The molecule has 2 rings (SSSR count). The van der Waals surface area contributed by atoms with E-state index in [4.69, 9.17) is 14.2 Å². The number of methoxy groups -OCH3 is 1. The Kier molecular flexibility index (Phi) is 4.04. The highest BCUT2D eigenvalue weighted by atomic mass is 127. The molecule has 2 heterocycles. The molecule has 3 unspecified atom stereocenters. The fourth-order valence-corrected chi connectivity index (χ4v) is 2.98. The van der Waals surface area contributed by atoms with Gasteiger partial charge in [0.05, 0.1) is 16.1 Å². The second-order valence-corrected chi connectivity index (χ2v) is 5.52. The van der Waals surface area contributed by atoms with Gasteiger partial charge in [-0.1, -0.05) is 22.6 Å². The summed E-state index contributed by atoms with van der Waals surface area (Å²) in [7, 11) is 1.72. The topological polar surface area (TPSA) is 27.7 Å². The lowest BCUT2D eigenvalue weighted by Crippen LogP contribution is -2.37. The summed E-state index contributed by atoms with van der Waals surface area (Å²) in [6, 6.07) is 0. The van der Waals surface area contributed by atoms with Crippen LogP contribution in [0.4, 0.5) is 0 Å². The van der Waals surface area contributed by atoms with Gasteiger partial charge in [0.25, 0.3) is 0 Å². The highest BCUT2D eigenvalue weighted by Crippen LogP contribution is 2.31. The van der Waals surface area contributed by atoms with Crippen molar-refractivity contribution in [2.24, 2.45) is 0 Å². The maximum atomic E-state index is 5.92. The Morgan fingerprint density at radius 3 is 2.86 bits per heavy atom. The van der Waals surface area contributed by atoms with Gasteiger partial charge in [0, 0.05) is 13.7 Å². The van der Waals surface area contributed by atoms with E-state index in [-0.39, 0.29) is 12.4 Å². The van der Waals surface area contributed by atoms with E-state index in [2.05, 4.69) is 22.6 Å². The number of rotatable bonds is 1. The van der Waals surface area contributed by atoms with Crippen molar-refractivity contribution in [1.82, 2.24) is 0 Å². The predicted octanol–water partition coefficient (Wildman–Crippen LogP) is 2.12. The molecule has 0 aromatic heterocycles. The van der Waals surface area contributed by atoms with Crippen molar-refractivity contribution in [2.45, 2.75) is 48.1 Å². The van der Waals surface area contributed by atoms with Gasteiger partial charge in [-0.05, 0) is 25.7 Å². The molecule has 0 aromatic carbocycles. The molecular formula is C10H17IO3. The van der Waals surface area contributed by atoms with Crippen molar-refractivity contribution < 1.29 is 14.2 Å². The van der Waals surface area contributed by atoms with Crippen LogP contribution < -0.4 is 0 Å². The van der Waals surface area contributed by atoms with Crippen LogP contribution in [-0.2, 0) is 14.2 Å². The van der Waals surface area contributed by atoms with Crippen LogP contribution in [0.5, 0.6) is 0 Å². The van der Waals surface area contributed by atoms with Crippen LogP contribution in [-0.4, -0.2) is 36.1 Å². The zero-order valence-electron chi connectivity index (χ0n) is 8.45. The third kappa shape index (κ3) is 2.40. The number of fused-ring (bicyclic) bond motifs is 1. The van der Waals surface area contributed by atoms with E-state index in [1.807, 2.05) is 0 Å². The first kappa shape index (κ1) is 11.1. The zero-order chi connectivity index (χ0) is 9.97. The van der Waals surface area contributed by atoms with Gasteiger partial charge in [-0.3, -0.25) is 0 Å². The number of alkyl halides is 1. The van der Waals surface area contributed by atoms with Crippen molar-refractivity contribution >= 4 is 22.6 Å². The summed E-state index contributed by atoms with van der Waals surface area (Å²) in [6.45, 7) is 0.897. The Labute approximate surface area is 98.6 Å². The lowest BCUT2D eigenvalue weighted by molar-refractivity contribution is -0.188. The van der Waals surface area contributed by atoms with Crippen molar-refractivity contribution in [2.75, 3.05) is 13.7 Å². The van der Waals surface area contributed by atoms with Gasteiger partial charge in [0.15, 0.2) is 6.29 Å². The van der Waals surface area contributed by atoms with Crippen LogP contribution in [0, 0.1) is 0 Å². The Bertz CT molecular complexity index is 188. The zero-order valence-corrected chi connectivity index (χ0v) is 10.6. The molecule has 0 saturated carbocycles. The second kappa shape index (κ2) is 5.09. The number of hydrogen-bond donors (Lipinski definition) is 0. The summed E-state index contributed by atoms with van der Waals surface area (Å²) in [4.78, 5) is 0. The predicted molar refractivity (Wildman–Crippen MR) is 61.7 cm³/mol. The number of halogens is 1. The first-order chi connectivity index (χ1) is 6.81. The summed E-state index contributed by atoms with van der Waals surface area (Å²) < 4.78 is 17.4. The van der Waals surface area contributed by atoms with Crippen LogP contribution >= 0.6 is 22.6 Å². The number of ether oxygens (including phenoxy) is 3. The molecule has 0 amide bonds. The summed E-state index contributed by atoms with van der Waals surface area (Å²) in [5, 5.41) is 0. The highest BCUT2D eigenvalue weighted by molar-refractivity contribution is 14.1. The highest BCUT2D eigenvalue weighted by Gasteiger charge is 2.35. The van der Waals surface area contributed by atoms with Gasteiger partial charge >= 0.3 is 0 Å². The third-order valence-corrected chi connectivity index (χ3v) is 4.15. The quantitative estimate of drug-likeness (QED) is 0.548. The molecule has 0 radical (unpaired) electrons. The third-order valence-electron chi connectivity index (χ3n) is 2.94. The average Bonchev–Trinajstić information content (AvgIpc) is 2.38. The largest absolute Gasteiger partial charge is 0.376 e. The normalized spacial score (nSPS) is 44.1. The van der Waals surface area contributed by atoms with E-state index in [9.17, 15) is 0 Å². The molecule has 0 aromatic rings. The summed E-state index contributed by atoms with van der Waals surface area (Å²) >= 11 is 2.41. The summed E-state index contributed by atoms with van der Waals surface area (Å²) in [5.41, 5.74) is 0. The Morgan fingerprint density at radius 1 is 1.21 bits per heavy atom. The Balaban J connectivity index is 2.00. The summed E-state index contributed by atoms with van der Waals surface area (Å²) in [5.74, 6) is 0. The molecular weight excluding hydrogens is 295 g/mol. The van der Waals surface area contributed by atoms with Crippen LogP contribution in [0.25, 0.3) is 0 Å². The molecule has 2 saturated heterocycles.